The lowest BCUT2D eigenvalue weighted by Gasteiger charge is -2.14. The molecule has 0 fully saturated rings. The highest BCUT2D eigenvalue weighted by atomic mass is 16.7. The summed E-state index contributed by atoms with van der Waals surface area (Å²) in [6.07, 6.45) is -0.639. The monoisotopic (exact) mass is 446 g/mol. The van der Waals surface area contributed by atoms with Crippen molar-refractivity contribution in [2.45, 2.75) is 18.9 Å². The van der Waals surface area contributed by atoms with E-state index in [1.807, 2.05) is 54.6 Å². The molecule has 1 aliphatic rings. The van der Waals surface area contributed by atoms with Crippen LogP contribution in [0.3, 0.4) is 0 Å². The Morgan fingerprint density at radius 2 is 1.39 bits per heavy atom. The van der Waals surface area contributed by atoms with Gasteiger partial charge in [0.1, 0.15) is 13.2 Å². The van der Waals surface area contributed by atoms with Crippen LogP contribution in [-0.4, -0.2) is 31.9 Å². The van der Waals surface area contributed by atoms with Crippen LogP contribution in [0.5, 0.6) is 0 Å². The summed E-state index contributed by atoms with van der Waals surface area (Å²) >= 11 is 0. The number of rotatable bonds is 9. The Balaban J connectivity index is 1.11. The fourth-order valence-corrected chi connectivity index (χ4v) is 3.85. The molecule has 7 heteroatoms. The first-order valence-electron chi connectivity index (χ1n) is 10.9. The lowest BCUT2D eigenvalue weighted by molar-refractivity contribution is 0.0260. The van der Waals surface area contributed by atoms with Crippen LogP contribution >= 0.6 is 0 Å². The third-order valence-corrected chi connectivity index (χ3v) is 5.40. The number of carbonyl (C=O) groups is 2. The second kappa shape index (κ2) is 11.2. The normalized spacial score (nSPS) is 11.9. The topological polar surface area (TPSA) is 85.9 Å². The van der Waals surface area contributed by atoms with Crippen LogP contribution in [0, 0.1) is 0 Å². The molecular weight excluding hydrogens is 420 g/mol. The molecule has 4 rings (SSSR count). The molecule has 1 aliphatic carbocycles. The molecule has 0 unspecified atom stereocenters. The molecule has 3 aromatic rings. The number of benzene rings is 3. The highest BCUT2D eigenvalue weighted by Gasteiger charge is 2.28. The van der Waals surface area contributed by atoms with E-state index >= 15 is 0 Å². The van der Waals surface area contributed by atoms with Gasteiger partial charge in [0.15, 0.2) is 0 Å². The number of fused-ring (bicyclic) bond motifs is 3. The van der Waals surface area contributed by atoms with Crippen molar-refractivity contribution in [3.05, 3.63) is 95.6 Å². The van der Waals surface area contributed by atoms with Crippen LogP contribution < -0.4 is 10.8 Å². The SMILES string of the molecule is O=C(NCCCONC(=O)OCC1c2ccccc2-c2ccccc21)OCc1ccccc1. The van der Waals surface area contributed by atoms with Gasteiger partial charge in [-0.1, -0.05) is 78.9 Å². The van der Waals surface area contributed by atoms with Crippen LogP contribution in [0.2, 0.25) is 0 Å². The molecule has 2 amide bonds. The van der Waals surface area contributed by atoms with E-state index in [-0.39, 0.29) is 25.7 Å². The van der Waals surface area contributed by atoms with E-state index in [4.69, 9.17) is 14.3 Å². The number of hydroxylamine groups is 1. The summed E-state index contributed by atoms with van der Waals surface area (Å²) in [7, 11) is 0. The molecule has 3 aromatic carbocycles. The summed E-state index contributed by atoms with van der Waals surface area (Å²) in [5.41, 5.74) is 7.85. The number of hydrogen-bond acceptors (Lipinski definition) is 5. The Labute approximate surface area is 192 Å². The molecule has 0 aliphatic heterocycles. The number of amides is 2. The van der Waals surface area contributed by atoms with Gasteiger partial charge in [-0.15, -0.1) is 0 Å². The van der Waals surface area contributed by atoms with Crippen molar-refractivity contribution in [3.63, 3.8) is 0 Å². The average molecular weight is 447 g/mol. The van der Waals surface area contributed by atoms with Crippen molar-refractivity contribution in [1.82, 2.24) is 10.8 Å². The molecule has 0 bridgehead atoms. The standard InChI is InChI=1S/C26H26N2O5/c29-25(31-17-19-9-2-1-3-10-19)27-15-8-16-33-28-26(30)32-18-24-22-13-6-4-11-20(22)21-12-5-7-14-23(21)24/h1-7,9-14,24H,8,15-18H2,(H,27,29)(H,28,30). The van der Waals surface area contributed by atoms with Gasteiger partial charge in [0.2, 0.25) is 0 Å². The lowest BCUT2D eigenvalue weighted by atomic mass is 9.98. The zero-order chi connectivity index (χ0) is 22.9. The molecule has 0 spiro atoms. The van der Waals surface area contributed by atoms with Gasteiger partial charge >= 0.3 is 12.2 Å². The third-order valence-electron chi connectivity index (χ3n) is 5.40. The number of nitrogens with one attached hydrogen (secondary N) is 2. The minimum atomic E-state index is -0.646. The predicted octanol–water partition coefficient (Wildman–Crippen LogP) is 4.77. The average Bonchev–Trinajstić information content (AvgIpc) is 3.18. The summed E-state index contributed by atoms with van der Waals surface area (Å²) in [4.78, 5) is 28.9. The van der Waals surface area contributed by atoms with Crippen molar-refractivity contribution in [2.24, 2.45) is 0 Å². The molecule has 7 nitrogen and oxygen atoms in total. The first-order valence-corrected chi connectivity index (χ1v) is 10.9. The van der Waals surface area contributed by atoms with E-state index in [0.29, 0.717) is 13.0 Å². The third kappa shape index (κ3) is 5.90. The number of carbonyl (C=O) groups excluding carboxylic acids is 2. The molecule has 170 valence electrons. The minimum absolute atomic E-state index is 0.00533. The first kappa shape index (κ1) is 22.4. The van der Waals surface area contributed by atoms with Crippen LogP contribution in [-0.2, 0) is 20.9 Å². The fraction of sp³-hybridized carbons (Fsp3) is 0.231. The Kier molecular flexibility index (Phi) is 7.56. The summed E-state index contributed by atoms with van der Waals surface area (Å²) < 4.78 is 10.5. The molecule has 0 aromatic heterocycles. The molecule has 0 radical (unpaired) electrons. The summed E-state index contributed by atoms with van der Waals surface area (Å²) in [5, 5.41) is 2.64. The molecule has 0 heterocycles. The van der Waals surface area contributed by atoms with Crippen LogP contribution in [0.1, 0.15) is 29.0 Å². The Hall–Kier alpha value is -3.84. The van der Waals surface area contributed by atoms with Gasteiger partial charge in [0, 0.05) is 12.5 Å². The number of hydrogen-bond donors (Lipinski definition) is 2. The van der Waals surface area contributed by atoms with E-state index in [2.05, 4.69) is 35.1 Å². The van der Waals surface area contributed by atoms with Crippen LogP contribution in [0.4, 0.5) is 9.59 Å². The predicted molar refractivity (Wildman–Crippen MR) is 123 cm³/mol. The van der Waals surface area contributed by atoms with Gasteiger partial charge in [-0.25, -0.2) is 9.59 Å². The van der Waals surface area contributed by atoms with E-state index in [1.165, 1.54) is 11.1 Å². The fourth-order valence-electron chi connectivity index (χ4n) is 3.85. The lowest BCUT2D eigenvalue weighted by Crippen LogP contribution is -2.29. The van der Waals surface area contributed by atoms with Gasteiger partial charge in [-0.05, 0) is 34.2 Å². The first-order chi connectivity index (χ1) is 16.2. The Morgan fingerprint density at radius 1 is 0.758 bits per heavy atom. The van der Waals surface area contributed by atoms with Gasteiger partial charge in [-0.2, -0.15) is 5.48 Å². The van der Waals surface area contributed by atoms with Gasteiger partial charge in [-0.3, -0.25) is 4.84 Å². The molecule has 33 heavy (non-hydrogen) atoms. The quantitative estimate of drug-likeness (QED) is 0.365. The molecule has 0 saturated carbocycles. The zero-order valence-electron chi connectivity index (χ0n) is 18.2. The van der Waals surface area contributed by atoms with E-state index < -0.39 is 12.2 Å². The zero-order valence-corrected chi connectivity index (χ0v) is 18.2. The van der Waals surface area contributed by atoms with Gasteiger partial charge < -0.3 is 14.8 Å². The van der Waals surface area contributed by atoms with Crippen LogP contribution in [0.15, 0.2) is 78.9 Å². The minimum Gasteiger partial charge on any atom is -0.447 e. The molecular formula is C26H26N2O5. The number of ether oxygens (including phenoxy) is 2. The van der Waals surface area contributed by atoms with Gasteiger partial charge in [0.25, 0.3) is 0 Å². The second-order valence-electron chi connectivity index (χ2n) is 7.62. The van der Waals surface area contributed by atoms with Crippen molar-refractivity contribution in [3.8, 4) is 11.1 Å². The summed E-state index contributed by atoms with van der Waals surface area (Å²) in [6, 6.07) is 25.8. The Bertz CT molecular complexity index is 1040. The van der Waals surface area contributed by atoms with E-state index in [0.717, 1.165) is 16.7 Å². The smallest absolute Gasteiger partial charge is 0.431 e. The van der Waals surface area contributed by atoms with Crippen molar-refractivity contribution < 1.29 is 23.9 Å². The van der Waals surface area contributed by atoms with Crippen molar-refractivity contribution in [1.29, 1.82) is 0 Å². The summed E-state index contributed by atoms with van der Waals surface area (Å²) in [5.74, 6) is -0.00533. The maximum Gasteiger partial charge on any atom is 0.431 e. The van der Waals surface area contributed by atoms with Gasteiger partial charge in [0.05, 0.1) is 6.61 Å². The molecule has 2 N–H and O–H groups in total. The summed E-state index contributed by atoms with van der Waals surface area (Å²) in [6.45, 7) is 1.02. The largest absolute Gasteiger partial charge is 0.447 e. The maximum absolute atomic E-state index is 12.0. The highest BCUT2D eigenvalue weighted by Crippen LogP contribution is 2.44. The number of alkyl carbamates (subject to hydrolysis) is 1. The molecule has 0 atom stereocenters. The Morgan fingerprint density at radius 3 is 2.09 bits per heavy atom. The van der Waals surface area contributed by atoms with E-state index in [1.54, 1.807) is 0 Å². The van der Waals surface area contributed by atoms with Crippen molar-refractivity contribution in [2.75, 3.05) is 19.8 Å². The van der Waals surface area contributed by atoms with Crippen molar-refractivity contribution >= 4 is 12.2 Å². The maximum atomic E-state index is 12.0. The second-order valence-corrected chi connectivity index (χ2v) is 7.62. The van der Waals surface area contributed by atoms with E-state index in [9.17, 15) is 9.59 Å². The molecule has 0 saturated heterocycles. The highest BCUT2D eigenvalue weighted by molar-refractivity contribution is 5.79. The van der Waals surface area contributed by atoms with Crippen LogP contribution in [0.25, 0.3) is 11.1 Å².